The van der Waals surface area contributed by atoms with Crippen molar-refractivity contribution in [3.8, 4) is 0 Å². The summed E-state index contributed by atoms with van der Waals surface area (Å²) in [5, 5.41) is 2.92. The van der Waals surface area contributed by atoms with Gasteiger partial charge in [-0.2, -0.15) is 13.2 Å². The summed E-state index contributed by atoms with van der Waals surface area (Å²) >= 11 is 13.8. The monoisotopic (exact) mass is 420 g/mol. The molecule has 0 bridgehead atoms. The number of hydrogen-bond donors (Lipinski definition) is 1. The van der Waals surface area contributed by atoms with Crippen LogP contribution in [0, 0.1) is 0 Å². The molecule has 3 rings (SSSR count). The summed E-state index contributed by atoms with van der Waals surface area (Å²) < 4.78 is 38.5. The lowest BCUT2D eigenvalue weighted by molar-refractivity contribution is -0.137. The highest BCUT2D eigenvalue weighted by Crippen LogP contribution is 2.43. The van der Waals surface area contributed by atoms with Gasteiger partial charge < -0.3 is 10.2 Å². The van der Waals surface area contributed by atoms with Crippen LogP contribution in [0.1, 0.15) is 16.5 Å². The minimum absolute atomic E-state index is 0.0812. The first-order chi connectivity index (χ1) is 12.3. The second kappa shape index (κ2) is 7.58. The van der Waals surface area contributed by atoms with E-state index in [4.69, 9.17) is 23.2 Å². The molecule has 1 heterocycles. The van der Waals surface area contributed by atoms with Crippen molar-refractivity contribution >= 4 is 46.7 Å². The molecule has 138 valence electrons. The Labute approximate surface area is 162 Å². The molecule has 0 aromatic heterocycles. The molecule has 0 radical (unpaired) electrons. The van der Waals surface area contributed by atoms with E-state index in [0.29, 0.717) is 27.9 Å². The molecule has 0 saturated carbocycles. The van der Waals surface area contributed by atoms with Gasteiger partial charge in [-0.05, 0) is 24.3 Å². The van der Waals surface area contributed by atoms with Crippen LogP contribution in [-0.4, -0.2) is 23.2 Å². The Balaban J connectivity index is 1.80. The molecule has 2 aromatic rings. The van der Waals surface area contributed by atoms with Crippen LogP contribution < -0.4 is 5.32 Å². The van der Waals surface area contributed by atoms with E-state index in [2.05, 4.69) is 5.32 Å². The average Bonchev–Trinajstić information content (AvgIpc) is 3.06. The highest BCUT2D eigenvalue weighted by molar-refractivity contribution is 7.99. The van der Waals surface area contributed by atoms with Crippen molar-refractivity contribution in [1.29, 1.82) is 0 Å². The number of halogens is 5. The minimum Gasteiger partial charge on any atom is -0.308 e. The normalized spacial score (nSPS) is 17.4. The number of benzene rings is 2. The number of urea groups is 1. The lowest BCUT2D eigenvalue weighted by Gasteiger charge is -2.25. The highest BCUT2D eigenvalue weighted by Gasteiger charge is 2.33. The fourth-order valence-corrected chi connectivity index (χ4v) is 4.37. The SMILES string of the molecule is O=C(Nc1cccc(C(F)(F)F)c1)N1CCSC1c1cccc(Cl)c1Cl. The molecule has 1 fully saturated rings. The Bertz CT molecular complexity index is 832. The maximum absolute atomic E-state index is 12.8. The third kappa shape index (κ3) is 4.05. The molecule has 1 aliphatic rings. The number of carbonyl (C=O) groups excluding carboxylic acids is 1. The van der Waals surface area contributed by atoms with E-state index in [0.717, 1.165) is 12.1 Å². The summed E-state index contributed by atoms with van der Waals surface area (Å²) in [6.45, 7) is 0.447. The standard InChI is InChI=1S/C17H13Cl2F3N2OS/c18-13-6-2-5-12(14(13)19)15-24(7-8-26-15)16(25)23-11-4-1-3-10(9-11)17(20,21)22/h1-6,9,15H,7-8H2,(H,23,25). The molecule has 1 aliphatic heterocycles. The number of carbonyl (C=O) groups is 1. The van der Waals surface area contributed by atoms with Crippen LogP contribution in [0.2, 0.25) is 10.0 Å². The molecule has 0 spiro atoms. The summed E-state index contributed by atoms with van der Waals surface area (Å²) in [4.78, 5) is 14.1. The fraction of sp³-hybridized carbons (Fsp3) is 0.235. The van der Waals surface area contributed by atoms with E-state index in [1.54, 1.807) is 18.2 Å². The van der Waals surface area contributed by atoms with Crippen molar-refractivity contribution in [3.63, 3.8) is 0 Å². The fourth-order valence-electron chi connectivity index (χ4n) is 2.62. The van der Waals surface area contributed by atoms with Gasteiger partial charge in [0.05, 0.1) is 15.6 Å². The van der Waals surface area contributed by atoms with Gasteiger partial charge in [0.1, 0.15) is 5.37 Å². The van der Waals surface area contributed by atoms with Crippen LogP contribution in [-0.2, 0) is 6.18 Å². The van der Waals surface area contributed by atoms with Crippen LogP contribution >= 0.6 is 35.0 Å². The zero-order chi connectivity index (χ0) is 18.9. The number of thioether (sulfide) groups is 1. The van der Waals surface area contributed by atoms with Crippen molar-refractivity contribution in [2.45, 2.75) is 11.6 Å². The van der Waals surface area contributed by atoms with Crippen molar-refractivity contribution in [2.24, 2.45) is 0 Å². The summed E-state index contributed by atoms with van der Waals surface area (Å²) in [6, 6.07) is 9.21. The third-order valence-electron chi connectivity index (χ3n) is 3.84. The van der Waals surface area contributed by atoms with E-state index in [1.165, 1.54) is 28.8 Å². The first-order valence-electron chi connectivity index (χ1n) is 7.58. The van der Waals surface area contributed by atoms with Crippen LogP contribution in [0.25, 0.3) is 0 Å². The summed E-state index contributed by atoms with van der Waals surface area (Å²) in [5.74, 6) is 0.684. The smallest absolute Gasteiger partial charge is 0.308 e. The Kier molecular flexibility index (Phi) is 5.60. The zero-order valence-electron chi connectivity index (χ0n) is 13.2. The molecule has 26 heavy (non-hydrogen) atoms. The topological polar surface area (TPSA) is 32.3 Å². The molecule has 1 atom stereocenters. The Hall–Kier alpha value is -1.57. The van der Waals surface area contributed by atoms with Gasteiger partial charge in [-0.1, -0.05) is 41.4 Å². The second-order valence-electron chi connectivity index (χ2n) is 5.57. The van der Waals surface area contributed by atoms with E-state index in [1.807, 2.05) is 0 Å². The zero-order valence-corrected chi connectivity index (χ0v) is 15.5. The van der Waals surface area contributed by atoms with Gasteiger partial charge >= 0.3 is 12.2 Å². The van der Waals surface area contributed by atoms with Crippen molar-refractivity contribution in [3.05, 3.63) is 63.6 Å². The summed E-state index contributed by atoms with van der Waals surface area (Å²) in [6.07, 6.45) is -4.47. The van der Waals surface area contributed by atoms with Crippen molar-refractivity contribution in [2.75, 3.05) is 17.6 Å². The third-order valence-corrected chi connectivity index (χ3v) is 5.92. The molecular weight excluding hydrogens is 408 g/mol. The number of rotatable bonds is 2. The van der Waals surface area contributed by atoms with Gasteiger partial charge in [-0.15, -0.1) is 11.8 Å². The van der Waals surface area contributed by atoms with Crippen molar-refractivity contribution < 1.29 is 18.0 Å². The maximum atomic E-state index is 12.8. The van der Waals surface area contributed by atoms with E-state index >= 15 is 0 Å². The number of nitrogens with one attached hydrogen (secondary N) is 1. The Morgan fingerprint density at radius 1 is 1.19 bits per heavy atom. The molecule has 1 unspecified atom stereocenters. The molecule has 2 amide bonds. The van der Waals surface area contributed by atoms with Crippen LogP contribution in [0.3, 0.4) is 0 Å². The highest BCUT2D eigenvalue weighted by atomic mass is 35.5. The molecule has 1 saturated heterocycles. The number of amides is 2. The lowest BCUT2D eigenvalue weighted by atomic mass is 10.2. The molecule has 3 nitrogen and oxygen atoms in total. The average molecular weight is 421 g/mol. The quantitative estimate of drug-likeness (QED) is 0.618. The summed E-state index contributed by atoms with van der Waals surface area (Å²) in [5.41, 5.74) is -0.0425. The molecule has 0 aliphatic carbocycles. The van der Waals surface area contributed by atoms with E-state index < -0.39 is 17.8 Å². The lowest BCUT2D eigenvalue weighted by Crippen LogP contribution is -2.34. The van der Waals surface area contributed by atoms with E-state index in [-0.39, 0.29) is 11.1 Å². The number of nitrogens with zero attached hydrogens (tertiary/aromatic N) is 1. The first kappa shape index (κ1) is 19.2. The maximum Gasteiger partial charge on any atom is 0.416 e. The second-order valence-corrected chi connectivity index (χ2v) is 7.54. The largest absolute Gasteiger partial charge is 0.416 e. The molecular formula is C17H13Cl2F3N2OS. The van der Waals surface area contributed by atoms with Crippen LogP contribution in [0.4, 0.5) is 23.7 Å². The van der Waals surface area contributed by atoms with Crippen LogP contribution in [0.5, 0.6) is 0 Å². The minimum atomic E-state index is -4.47. The van der Waals surface area contributed by atoms with Gasteiger partial charge in [-0.3, -0.25) is 0 Å². The number of hydrogen-bond acceptors (Lipinski definition) is 2. The Morgan fingerprint density at radius 2 is 1.92 bits per heavy atom. The molecule has 2 aromatic carbocycles. The predicted molar refractivity (Wildman–Crippen MR) is 98.8 cm³/mol. The van der Waals surface area contributed by atoms with Crippen LogP contribution in [0.15, 0.2) is 42.5 Å². The van der Waals surface area contributed by atoms with E-state index in [9.17, 15) is 18.0 Å². The van der Waals surface area contributed by atoms with Gasteiger partial charge in [0.2, 0.25) is 0 Å². The van der Waals surface area contributed by atoms with Gasteiger partial charge in [-0.25, -0.2) is 4.79 Å². The van der Waals surface area contributed by atoms with Gasteiger partial charge in [0.15, 0.2) is 0 Å². The molecule has 9 heteroatoms. The first-order valence-corrected chi connectivity index (χ1v) is 9.38. The van der Waals surface area contributed by atoms with Crippen molar-refractivity contribution in [1.82, 2.24) is 4.90 Å². The van der Waals surface area contributed by atoms with Gasteiger partial charge in [0, 0.05) is 23.5 Å². The predicted octanol–water partition coefficient (Wildman–Crippen LogP) is 6.29. The number of alkyl halides is 3. The number of anilines is 1. The Morgan fingerprint density at radius 3 is 2.65 bits per heavy atom. The molecule has 1 N–H and O–H groups in total. The van der Waals surface area contributed by atoms with Gasteiger partial charge in [0.25, 0.3) is 0 Å². The summed E-state index contributed by atoms with van der Waals surface area (Å²) in [7, 11) is 0.